The zero-order chi connectivity index (χ0) is 13.9. The molecule has 0 bridgehead atoms. The Hall–Kier alpha value is -2.42. The van der Waals surface area contributed by atoms with Crippen LogP contribution in [-0.2, 0) is 6.42 Å². The van der Waals surface area contributed by atoms with Crippen LogP contribution in [0.5, 0.6) is 5.75 Å². The summed E-state index contributed by atoms with van der Waals surface area (Å²) in [5.41, 5.74) is 3.56. The van der Waals surface area contributed by atoms with Crippen LogP contribution in [0.25, 0.3) is 6.08 Å². The van der Waals surface area contributed by atoms with E-state index in [0.717, 1.165) is 28.0 Å². The van der Waals surface area contributed by atoms with Crippen LogP contribution in [0.1, 0.15) is 28.4 Å². The number of ether oxygens (including phenoxy) is 1. The van der Waals surface area contributed by atoms with Gasteiger partial charge in [-0.25, -0.2) is 0 Å². The Kier molecular flexibility index (Phi) is 3.33. The first-order valence-electron chi connectivity index (χ1n) is 6.69. The highest BCUT2D eigenvalue weighted by Crippen LogP contribution is 2.34. The zero-order valence-electron chi connectivity index (χ0n) is 11.3. The van der Waals surface area contributed by atoms with Gasteiger partial charge < -0.3 is 4.74 Å². The fourth-order valence-electron chi connectivity index (χ4n) is 2.47. The molecule has 1 aliphatic carbocycles. The minimum absolute atomic E-state index is 0.0957. The van der Waals surface area contributed by atoms with Crippen molar-refractivity contribution in [1.82, 2.24) is 4.98 Å². The average Bonchev–Trinajstić information content (AvgIpc) is 2.79. The van der Waals surface area contributed by atoms with Gasteiger partial charge in [-0.05, 0) is 36.8 Å². The van der Waals surface area contributed by atoms with Crippen molar-refractivity contribution in [2.75, 3.05) is 6.61 Å². The number of ketones is 1. The fourth-order valence-corrected chi connectivity index (χ4v) is 2.47. The van der Waals surface area contributed by atoms with Gasteiger partial charge in [0.25, 0.3) is 0 Å². The van der Waals surface area contributed by atoms with Gasteiger partial charge in [-0.1, -0.05) is 12.1 Å². The summed E-state index contributed by atoms with van der Waals surface area (Å²) < 4.78 is 5.61. The van der Waals surface area contributed by atoms with Gasteiger partial charge in [0.05, 0.1) is 6.61 Å². The Morgan fingerprint density at radius 1 is 1.25 bits per heavy atom. The SMILES string of the molecule is CCOc1cccc2c1CC(=Cc1ccncc1)C2=O. The average molecular weight is 265 g/mol. The van der Waals surface area contributed by atoms with E-state index >= 15 is 0 Å². The van der Waals surface area contributed by atoms with Gasteiger partial charge in [0.1, 0.15) is 5.75 Å². The number of fused-ring (bicyclic) bond motifs is 1. The molecular formula is C17H15NO2. The lowest BCUT2D eigenvalue weighted by molar-refractivity contribution is 0.104. The molecular weight excluding hydrogens is 250 g/mol. The van der Waals surface area contributed by atoms with Crippen LogP contribution in [0.15, 0.2) is 48.3 Å². The molecule has 1 heterocycles. The molecule has 1 aromatic heterocycles. The predicted molar refractivity (Wildman–Crippen MR) is 77.9 cm³/mol. The summed E-state index contributed by atoms with van der Waals surface area (Å²) in [4.78, 5) is 16.4. The van der Waals surface area contributed by atoms with Crippen molar-refractivity contribution in [2.24, 2.45) is 0 Å². The van der Waals surface area contributed by atoms with Crippen molar-refractivity contribution in [2.45, 2.75) is 13.3 Å². The monoisotopic (exact) mass is 265 g/mol. The summed E-state index contributed by atoms with van der Waals surface area (Å²) in [5, 5.41) is 0. The Bertz CT molecular complexity index is 675. The lowest BCUT2D eigenvalue weighted by atomic mass is 10.1. The fraction of sp³-hybridized carbons (Fsp3) is 0.176. The molecule has 0 radical (unpaired) electrons. The summed E-state index contributed by atoms with van der Waals surface area (Å²) in [7, 11) is 0. The molecule has 2 aromatic rings. The molecule has 1 aliphatic rings. The highest BCUT2D eigenvalue weighted by Gasteiger charge is 2.27. The number of aromatic nitrogens is 1. The second kappa shape index (κ2) is 5.29. The Morgan fingerprint density at radius 3 is 2.80 bits per heavy atom. The molecule has 3 rings (SSSR count). The first-order valence-corrected chi connectivity index (χ1v) is 6.69. The molecule has 0 aliphatic heterocycles. The number of benzene rings is 1. The first kappa shape index (κ1) is 12.6. The normalized spacial score (nSPS) is 15.4. The summed E-state index contributed by atoms with van der Waals surface area (Å²) in [6.45, 7) is 2.55. The molecule has 0 spiro atoms. The van der Waals surface area contributed by atoms with Crippen molar-refractivity contribution in [3.8, 4) is 5.75 Å². The Balaban J connectivity index is 1.98. The molecule has 1 aromatic carbocycles. The summed E-state index contributed by atoms with van der Waals surface area (Å²) in [5.74, 6) is 0.912. The lowest BCUT2D eigenvalue weighted by Crippen LogP contribution is -1.97. The minimum Gasteiger partial charge on any atom is -0.494 e. The van der Waals surface area contributed by atoms with Gasteiger partial charge in [0.2, 0.25) is 0 Å². The van der Waals surface area contributed by atoms with Crippen LogP contribution >= 0.6 is 0 Å². The number of pyridine rings is 1. The topological polar surface area (TPSA) is 39.2 Å². The van der Waals surface area contributed by atoms with Gasteiger partial charge in [0, 0.05) is 35.5 Å². The van der Waals surface area contributed by atoms with Gasteiger partial charge in [-0.2, -0.15) is 0 Å². The van der Waals surface area contributed by atoms with Crippen molar-refractivity contribution in [1.29, 1.82) is 0 Å². The number of carbonyl (C=O) groups excluding carboxylic acids is 1. The van der Waals surface area contributed by atoms with Crippen LogP contribution in [-0.4, -0.2) is 17.4 Å². The zero-order valence-corrected chi connectivity index (χ0v) is 11.3. The third kappa shape index (κ3) is 2.23. The molecule has 0 unspecified atom stereocenters. The standard InChI is InChI=1S/C17H15NO2/c1-2-20-16-5-3-4-14-15(16)11-13(17(14)19)10-12-6-8-18-9-7-12/h3-10H,2,11H2,1H3. The van der Waals surface area contributed by atoms with E-state index in [1.807, 2.05) is 43.3 Å². The van der Waals surface area contributed by atoms with E-state index in [1.165, 1.54) is 0 Å². The number of carbonyl (C=O) groups is 1. The molecule has 3 heteroatoms. The molecule has 0 N–H and O–H groups in total. The number of hydrogen-bond acceptors (Lipinski definition) is 3. The number of Topliss-reactive ketones (excluding diaryl/α,β-unsaturated/α-hetero) is 1. The first-order chi connectivity index (χ1) is 9.79. The summed E-state index contributed by atoms with van der Waals surface area (Å²) >= 11 is 0. The van der Waals surface area contributed by atoms with Crippen molar-refractivity contribution in [3.63, 3.8) is 0 Å². The lowest BCUT2D eigenvalue weighted by Gasteiger charge is -2.07. The largest absolute Gasteiger partial charge is 0.494 e. The molecule has 20 heavy (non-hydrogen) atoms. The van der Waals surface area contributed by atoms with Crippen LogP contribution in [0.2, 0.25) is 0 Å². The quantitative estimate of drug-likeness (QED) is 0.799. The van der Waals surface area contributed by atoms with Crippen LogP contribution in [0.4, 0.5) is 0 Å². The third-order valence-corrected chi connectivity index (χ3v) is 3.38. The maximum absolute atomic E-state index is 12.4. The van der Waals surface area contributed by atoms with Crippen molar-refractivity contribution < 1.29 is 9.53 Å². The Labute approximate surface area is 117 Å². The van der Waals surface area contributed by atoms with E-state index in [4.69, 9.17) is 4.74 Å². The molecule has 100 valence electrons. The van der Waals surface area contributed by atoms with Crippen molar-refractivity contribution in [3.05, 3.63) is 65.0 Å². The highest BCUT2D eigenvalue weighted by atomic mass is 16.5. The van der Waals surface area contributed by atoms with Gasteiger partial charge >= 0.3 is 0 Å². The molecule has 3 nitrogen and oxygen atoms in total. The van der Waals surface area contributed by atoms with Gasteiger partial charge in [-0.15, -0.1) is 0 Å². The smallest absolute Gasteiger partial charge is 0.189 e. The van der Waals surface area contributed by atoms with Crippen LogP contribution in [0, 0.1) is 0 Å². The van der Waals surface area contributed by atoms with E-state index < -0.39 is 0 Å². The van der Waals surface area contributed by atoms with E-state index in [-0.39, 0.29) is 5.78 Å². The summed E-state index contributed by atoms with van der Waals surface area (Å²) in [6.07, 6.45) is 6.02. The molecule has 0 amide bonds. The van der Waals surface area contributed by atoms with E-state index in [2.05, 4.69) is 4.98 Å². The number of rotatable bonds is 3. The second-order valence-corrected chi connectivity index (χ2v) is 4.67. The van der Waals surface area contributed by atoms with Crippen molar-refractivity contribution >= 4 is 11.9 Å². The molecule has 0 saturated carbocycles. The minimum atomic E-state index is 0.0957. The van der Waals surface area contributed by atoms with E-state index in [9.17, 15) is 4.79 Å². The summed E-state index contributed by atoms with van der Waals surface area (Å²) in [6, 6.07) is 9.45. The van der Waals surface area contributed by atoms with Crippen LogP contribution < -0.4 is 4.74 Å². The maximum atomic E-state index is 12.4. The molecule has 0 saturated heterocycles. The van der Waals surface area contributed by atoms with Gasteiger partial charge in [-0.3, -0.25) is 9.78 Å². The molecule has 0 atom stereocenters. The third-order valence-electron chi connectivity index (χ3n) is 3.38. The number of nitrogens with zero attached hydrogens (tertiary/aromatic N) is 1. The van der Waals surface area contributed by atoms with Gasteiger partial charge in [0.15, 0.2) is 5.78 Å². The predicted octanol–water partition coefficient (Wildman–Crippen LogP) is 3.30. The maximum Gasteiger partial charge on any atom is 0.189 e. The number of allylic oxidation sites excluding steroid dienone is 1. The number of hydrogen-bond donors (Lipinski definition) is 0. The second-order valence-electron chi connectivity index (χ2n) is 4.67. The van der Waals surface area contributed by atoms with E-state index in [1.54, 1.807) is 12.4 Å². The highest BCUT2D eigenvalue weighted by molar-refractivity contribution is 6.16. The van der Waals surface area contributed by atoms with Crippen LogP contribution in [0.3, 0.4) is 0 Å². The molecule has 0 fully saturated rings. The Morgan fingerprint density at radius 2 is 2.05 bits per heavy atom. The van der Waals surface area contributed by atoms with E-state index in [0.29, 0.717) is 13.0 Å².